The summed E-state index contributed by atoms with van der Waals surface area (Å²) in [5, 5.41) is 3.66. The Balaban J connectivity index is 0.00000280. The van der Waals surface area contributed by atoms with Crippen LogP contribution in [0.2, 0.25) is 0 Å². The lowest BCUT2D eigenvalue weighted by Gasteiger charge is -2.32. The Bertz CT molecular complexity index is 454. The van der Waals surface area contributed by atoms with Gasteiger partial charge in [-0.15, -0.1) is 24.0 Å². The van der Waals surface area contributed by atoms with E-state index < -0.39 is 0 Å². The summed E-state index contributed by atoms with van der Waals surface area (Å²) in [6.07, 6.45) is 3.82. The summed E-state index contributed by atoms with van der Waals surface area (Å²) in [6, 6.07) is 0. The van der Waals surface area contributed by atoms with Crippen LogP contribution in [-0.2, 0) is 9.47 Å². The van der Waals surface area contributed by atoms with Gasteiger partial charge in [0, 0.05) is 60.0 Å². The SMILES string of the molecule is CN=C(NCC1CCN(CCOC)CC1)N1CCC(CN2CCOCC2)C1.I. The normalized spacial score (nSPS) is 25.7. The van der Waals surface area contributed by atoms with Gasteiger partial charge in [0.2, 0.25) is 0 Å². The van der Waals surface area contributed by atoms with Gasteiger partial charge in [-0.3, -0.25) is 9.89 Å². The molecular weight excluding hydrogens is 469 g/mol. The molecule has 0 saturated carbocycles. The molecule has 8 heteroatoms. The number of rotatable bonds is 7. The first-order chi connectivity index (χ1) is 13.3. The Hall–Kier alpha value is -0.160. The Labute approximate surface area is 188 Å². The fraction of sp³-hybridized carbons (Fsp3) is 0.950. The number of aliphatic imine (C=N–C) groups is 1. The first kappa shape index (κ1) is 24.1. The number of methoxy groups -OCH3 is 1. The smallest absolute Gasteiger partial charge is 0.193 e. The maximum Gasteiger partial charge on any atom is 0.193 e. The van der Waals surface area contributed by atoms with Crippen molar-refractivity contribution < 1.29 is 9.47 Å². The van der Waals surface area contributed by atoms with Gasteiger partial charge in [0.05, 0.1) is 19.8 Å². The number of halogens is 1. The van der Waals surface area contributed by atoms with Crippen LogP contribution in [0.1, 0.15) is 19.3 Å². The summed E-state index contributed by atoms with van der Waals surface area (Å²) in [7, 11) is 3.71. The van der Waals surface area contributed by atoms with Crippen LogP contribution in [0.5, 0.6) is 0 Å². The van der Waals surface area contributed by atoms with Gasteiger partial charge >= 0.3 is 0 Å². The molecule has 0 amide bonds. The zero-order valence-electron chi connectivity index (χ0n) is 17.8. The number of piperidine rings is 1. The van der Waals surface area contributed by atoms with E-state index in [2.05, 4.69) is 25.0 Å². The van der Waals surface area contributed by atoms with E-state index in [1.54, 1.807) is 7.11 Å². The topological polar surface area (TPSA) is 52.6 Å². The van der Waals surface area contributed by atoms with Crippen molar-refractivity contribution in [2.75, 3.05) is 92.9 Å². The second-order valence-corrected chi connectivity index (χ2v) is 8.22. The van der Waals surface area contributed by atoms with E-state index in [1.807, 2.05) is 7.05 Å². The summed E-state index contributed by atoms with van der Waals surface area (Å²) in [4.78, 5) is 12.1. The van der Waals surface area contributed by atoms with Crippen LogP contribution in [0.15, 0.2) is 4.99 Å². The summed E-state index contributed by atoms with van der Waals surface area (Å²) in [6.45, 7) is 12.8. The third-order valence-corrected chi connectivity index (χ3v) is 6.28. The molecule has 1 atom stereocenters. The lowest BCUT2D eigenvalue weighted by atomic mass is 9.97. The number of likely N-dealkylation sites (tertiary alicyclic amines) is 2. The van der Waals surface area contributed by atoms with Crippen LogP contribution in [0.4, 0.5) is 0 Å². The molecule has 1 N–H and O–H groups in total. The van der Waals surface area contributed by atoms with E-state index in [0.29, 0.717) is 0 Å². The number of ether oxygens (including phenoxy) is 2. The van der Waals surface area contributed by atoms with Crippen molar-refractivity contribution in [1.29, 1.82) is 0 Å². The molecule has 164 valence electrons. The number of hydrogen-bond acceptors (Lipinski definition) is 5. The van der Waals surface area contributed by atoms with Crippen LogP contribution in [0.3, 0.4) is 0 Å². The van der Waals surface area contributed by atoms with E-state index >= 15 is 0 Å². The average Bonchev–Trinajstić information content (AvgIpc) is 3.17. The number of nitrogens with zero attached hydrogens (tertiary/aromatic N) is 4. The van der Waals surface area contributed by atoms with E-state index in [-0.39, 0.29) is 24.0 Å². The molecular formula is C20H40IN5O2. The van der Waals surface area contributed by atoms with Gasteiger partial charge in [-0.25, -0.2) is 0 Å². The van der Waals surface area contributed by atoms with Crippen LogP contribution in [0, 0.1) is 11.8 Å². The average molecular weight is 509 g/mol. The molecule has 3 rings (SSSR count). The van der Waals surface area contributed by atoms with Crippen molar-refractivity contribution in [3.8, 4) is 0 Å². The molecule has 1 unspecified atom stereocenters. The first-order valence-electron chi connectivity index (χ1n) is 10.8. The molecule has 3 heterocycles. The van der Waals surface area contributed by atoms with E-state index in [4.69, 9.17) is 9.47 Å². The van der Waals surface area contributed by atoms with Gasteiger partial charge in [-0.2, -0.15) is 0 Å². The Morgan fingerprint density at radius 1 is 1.04 bits per heavy atom. The standard InChI is InChI=1S/C20H39N5O2.HI/c1-21-20(22-15-18-3-6-23(7-4-18)9-12-26-2)25-8-5-19(17-25)16-24-10-13-27-14-11-24;/h18-19H,3-17H2,1-2H3,(H,21,22);1H. The maximum atomic E-state index is 5.47. The van der Waals surface area contributed by atoms with Crippen LogP contribution in [0.25, 0.3) is 0 Å². The molecule has 0 aliphatic carbocycles. The Morgan fingerprint density at radius 3 is 2.43 bits per heavy atom. The lowest BCUT2D eigenvalue weighted by Crippen LogP contribution is -2.45. The highest BCUT2D eigenvalue weighted by atomic mass is 127. The molecule has 3 aliphatic heterocycles. The fourth-order valence-corrected chi connectivity index (χ4v) is 4.53. The van der Waals surface area contributed by atoms with Gasteiger partial charge < -0.3 is 24.6 Å². The molecule has 0 spiro atoms. The molecule has 0 bridgehead atoms. The van der Waals surface area contributed by atoms with Crippen molar-refractivity contribution in [1.82, 2.24) is 20.0 Å². The number of guanidine groups is 1. The van der Waals surface area contributed by atoms with Crippen molar-refractivity contribution >= 4 is 29.9 Å². The zero-order valence-corrected chi connectivity index (χ0v) is 20.1. The van der Waals surface area contributed by atoms with Crippen LogP contribution < -0.4 is 5.32 Å². The monoisotopic (exact) mass is 509 g/mol. The molecule has 28 heavy (non-hydrogen) atoms. The van der Waals surface area contributed by atoms with E-state index in [0.717, 1.165) is 76.9 Å². The molecule has 3 aliphatic rings. The first-order valence-corrected chi connectivity index (χ1v) is 10.8. The lowest BCUT2D eigenvalue weighted by molar-refractivity contribution is 0.0315. The van der Waals surface area contributed by atoms with Gasteiger partial charge in [-0.1, -0.05) is 0 Å². The quantitative estimate of drug-likeness (QED) is 0.316. The van der Waals surface area contributed by atoms with Crippen molar-refractivity contribution in [3.05, 3.63) is 0 Å². The zero-order chi connectivity index (χ0) is 18.9. The summed E-state index contributed by atoms with van der Waals surface area (Å²) < 4.78 is 10.7. The minimum absolute atomic E-state index is 0. The van der Waals surface area contributed by atoms with Crippen LogP contribution >= 0.6 is 24.0 Å². The van der Waals surface area contributed by atoms with Crippen LogP contribution in [-0.4, -0.2) is 114 Å². The second-order valence-electron chi connectivity index (χ2n) is 8.22. The number of hydrogen-bond donors (Lipinski definition) is 1. The van der Waals surface area contributed by atoms with Gasteiger partial charge in [0.15, 0.2) is 5.96 Å². The fourth-order valence-electron chi connectivity index (χ4n) is 4.53. The molecule has 0 radical (unpaired) electrons. The molecule has 7 nitrogen and oxygen atoms in total. The highest BCUT2D eigenvalue weighted by Crippen LogP contribution is 2.19. The van der Waals surface area contributed by atoms with E-state index in [9.17, 15) is 0 Å². The van der Waals surface area contributed by atoms with Crippen molar-refractivity contribution in [2.45, 2.75) is 19.3 Å². The number of morpholine rings is 1. The molecule has 0 aromatic heterocycles. The van der Waals surface area contributed by atoms with Gasteiger partial charge in [0.1, 0.15) is 0 Å². The predicted molar refractivity (Wildman–Crippen MR) is 125 cm³/mol. The minimum atomic E-state index is 0. The highest BCUT2D eigenvalue weighted by molar-refractivity contribution is 14.0. The Morgan fingerprint density at radius 2 is 1.75 bits per heavy atom. The van der Waals surface area contributed by atoms with Gasteiger partial charge in [-0.05, 0) is 44.2 Å². The molecule has 3 fully saturated rings. The summed E-state index contributed by atoms with van der Waals surface area (Å²) in [5.74, 6) is 2.61. The molecule has 0 aromatic rings. The second kappa shape index (κ2) is 13.2. The highest BCUT2D eigenvalue weighted by Gasteiger charge is 2.27. The van der Waals surface area contributed by atoms with Crippen molar-refractivity contribution in [2.24, 2.45) is 16.8 Å². The summed E-state index contributed by atoms with van der Waals surface area (Å²) >= 11 is 0. The number of nitrogens with one attached hydrogen (secondary N) is 1. The van der Waals surface area contributed by atoms with E-state index in [1.165, 1.54) is 38.9 Å². The largest absolute Gasteiger partial charge is 0.383 e. The Kier molecular flexibility index (Phi) is 11.4. The summed E-state index contributed by atoms with van der Waals surface area (Å²) in [5.41, 5.74) is 0. The molecule has 0 aromatic carbocycles. The molecule has 3 saturated heterocycles. The minimum Gasteiger partial charge on any atom is -0.383 e. The predicted octanol–water partition coefficient (Wildman–Crippen LogP) is 1.19. The maximum absolute atomic E-state index is 5.47. The third kappa shape index (κ3) is 7.59. The third-order valence-electron chi connectivity index (χ3n) is 6.28. The van der Waals surface area contributed by atoms with Gasteiger partial charge in [0.25, 0.3) is 0 Å². The van der Waals surface area contributed by atoms with Crippen molar-refractivity contribution in [3.63, 3.8) is 0 Å².